The van der Waals surface area contributed by atoms with Crippen LogP contribution >= 0.6 is 11.6 Å². The van der Waals surface area contributed by atoms with Crippen molar-refractivity contribution in [3.05, 3.63) is 28.8 Å². The van der Waals surface area contributed by atoms with Gasteiger partial charge in [-0.05, 0) is 31.9 Å². The van der Waals surface area contributed by atoms with E-state index in [0.717, 1.165) is 22.7 Å². The molecule has 1 aromatic carbocycles. The molecular formula is C18H22ClF2N3O4S. The number of halogens is 3. The quantitative estimate of drug-likeness (QED) is 0.482. The van der Waals surface area contributed by atoms with Crippen LogP contribution in [-0.2, 0) is 10.0 Å². The van der Waals surface area contributed by atoms with Gasteiger partial charge in [0, 0.05) is 25.9 Å². The molecule has 0 bridgehead atoms. The minimum atomic E-state index is -4.33. The van der Waals surface area contributed by atoms with Crippen molar-refractivity contribution in [3.63, 3.8) is 0 Å². The van der Waals surface area contributed by atoms with E-state index in [9.17, 15) is 27.1 Å². The number of rotatable bonds is 4. The highest BCUT2D eigenvalue weighted by atomic mass is 35.5. The van der Waals surface area contributed by atoms with Crippen LogP contribution in [0, 0.1) is 0 Å². The standard InChI is InChI=1S/C18H22ClF2N3O4S/c1-11-3-2-4-13(11)22-17(26)23-14-6-5-12(19)16(15(14)25)29(27,28)24-9-7-18(20,21)8-10-24/h3,5-6,13,25H,2,4,7-10H2,1H3,(H2,22,23,26). The number of anilines is 1. The number of phenols is 1. The van der Waals surface area contributed by atoms with Crippen LogP contribution < -0.4 is 10.6 Å². The molecule has 0 aromatic heterocycles. The summed E-state index contributed by atoms with van der Waals surface area (Å²) in [5.41, 5.74) is 0.873. The summed E-state index contributed by atoms with van der Waals surface area (Å²) in [5.74, 6) is -3.66. The summed E-state index contributed by atoms with van der Waals surface area (Å²) < 4.78 is 53.4. The number of hydrogen-bond donors (Lipinski definition) is 3. The first-order valence-electron chi connectivity index (χ1n) is 9.15. The molecule has 29 heavy (non-hydrogen) atoms. The van der Waals surface area contributed by atoms with Gasteiger partial charge < -0.3 is 15.7 Å². The SMILES string of the molecule is CC1=CCCC1NC(=O)Nc1ccc(Cl)c(S(=O)(=O)N2CCC(F)(F)CC2)c1O. The summed E-state index contributed by atoms with van der Waals surface area (Å²) in [6, 6.07) is 1.76. The number of alkyl halides is 2. The lowest BCUT2D eigenvalue weighted by Gasteiger charge is -2.31. The normalized spacial score (nSPS) is 22.2. The Kier molecular flexibility index (Phi) is 6.07. The Morgan fingerprint density at radius 2 is 1.97 bits per heavy atom. The molecule has 7 nitrogen and oxygen atoms in total. The Bertz CT molecular complexity index is 943. The summed E-state index contributed by atoms with van der Waals surface area (Å²) in [4.78, 5) is 11.6. The van der Waals surface area contributed by atoms with Crippen molar-refractivity contribution < 1.29 is 27.1 Å². The van der Waals surface area contributed by atoms with E-state index in [1.54, 1.807) is 0 Å². The van der Waals surface area contributed by atoms with Gasteiger partial charge in [-0.15, -0.1) is 0 Å². The second-order valence-corrected chi connectivity index (χ2v) is 9.49. The number of amides is 2. The number of phenolic OH excluding ortho intramolecular Hbond substituents is 1. The van der Waals surface area contributed by atoms with E-state index in [2.05, 4.69) is 10.6 Å². The topological polar surface area (TPSA) is 98.7 Å². The number of piperidine rings is 1. The Morgan fingerprint density at radius 1 is 1.31 bits per heavy atom. The molecule has 1 saturated heterocycles. The zero-order valence-electron chi connectivity index (χ0n) is 15.7. The van der Waals surface area contributed by atoms with Crippen molar-refractivity contribution in [2.24, 2.45) is 0 Å². The Morgan fingerprint density at radius 3 is 2.55 bits per heavy atom. The molecule has 3 rings (SSSR count). The smallest absolute Gasteiger partial charge is 0.319 e. The molecular weight excluding hydrogens is 428 g/mol. The number of carbonyl (C=O) groups excluding carboxylic acids is 1. The number of sulfonamides is 1. The van der Waals surface area contributed by atoms with E-state index in [-0.39, 0.29) is 16.8 Å². The monoisotopic (exact) mass is 449 g/mol. The maximum absolute atomic E-state index is 13.4. The summed E-state index contributed by atoms with van der Waals surface area (Å²) in [7, 11) is -4.33. The van der Waals surface area contributed by atoms with Crippen LogP contribution in [0.2, 0.25) is 5.02 Å². The fourth-order valence-corrected chi connectivity index (χ4v) is 5.46. The molecule has 1 aliphatic heterocycles. The predicted octanol–water partition coefficient (Wildman–Crippen LogP) is 3.70. The molecule has 11 heteroatoms. The Balaban J connectivity index is 1.81. The number of aromatic hydroxyl groups is 1. The molecule has 1 unspecified atom stereocenters. The zero-order valence-corrected chi connectivity index (χ0v) is 17.3. The molecule has 1 fully saturated rings. The lowest BCUT2D eigenvalue weighted by Crippen LogP contribution is -2.42. The van der Waals surface area contributed by atoms with Gasteiger partial charge >= 0.3 is 6.03 Å². The van der Waals surface area contributed by atoms with Gasteiger partial charge in [0.1, 0.15) is 4.90 Å². The number of benzene rings is 1. The Hall–Kier alpha value is -1.91. The molecule has 3 N–H and O–H groups in total. The van der Waals surface area contributed by atoms with Gasteiger partial charge in [0.25, 0.3) is 5.92 Å². The first-order valence-corrected chi connectivity index (χ1v) is 11.0. The van der Waals surface area contributed by atoms with Crippen LogP contribution in [0.5, 0.6) is 5.75 Å². The van der Waals surface area contributed by atoms with Gasteiger partial charge in [0.2, 0.25) is 10.0 Å². The van der Waals surface area contributed by atoms with Crippen LogP contribution in [0.3, 0.4) is 0 Å². The summed E-state index contributed by atoms with van der Waals surface area (Å²) in [6.07, 6.45) is 2.39. The van der Waals surface area contributed by atoms with Crippen LogP contribution in [-0.4, -0.2) is 48.9 Å². The summed E-state index contributed by atoms with van der Waals surface area (Å²) in [5, 5.41) is 15.4. The second kappa shape index (κ2) is 8.08. The van der Waals surface area contributed by atoms with Gasteiger partial charge in [-0.1, -0.05) is 23.3 Å². The molecule has 2 amide bonds. The van der Waals surface area contributed by atoms with Gasteiger partial charge in [-0.25, -0.2) is 22.0 Å². The third-order valence-electron chi connectivity index (χ3n) is 5.16. The van der Waals surface area contributed by atoms with Crippen LogP contribution in [0.25, 0.3) is 0 Å². The molecule has 160 valence electrons. The highest BCUT2D eigenvalue weighted by molar-refractivity contribution is 7.89. The molecule has 2 aliphatic rings. The van der Waals surface area contributed by atoms with Crippen molar-refractivity contribution in [1.29, 1.82) is 0 Å². The third-order valence-corrected chi connectivity index (χ3v) is 7.56. The average molecular weight is 450 g/mol. The van der Waals surface area contributed by atoms with E-state index in [0.29, 0.717) is 0 Å². The molecule has 1 heterocycles. The predicted molar refractivity (Wildman–Crippen MR) is 105 cm³/mol. The van der Waals surface area contributed by atoms with Crippen LogP contribution in [0.4, 0.5) is 19.3 Å². The third kappa shape index (κ3) is 4.65. The molecule has 1 atom stereocenters. The maximum Gasteiger partial charge on any atom is 0.319 e. The molecule has 0 radical (unpaired) electrons. The molecule has 1 aliphatic carbocycles. The van der Waals surface area contributed by atoms with Crippen molar-refractivity contribution in [2.45, 2.75) is 49.5 Å². The minimum absolute atomic E-state index is 0.136. The maximum atomic E-state index is 13.4. The molecule has 0 spiro atoms. The number of nitrogens with one attached hydrogen (secondary N) is 2. The van der Waals surface area contributed by atoms with E-state index in [4.69, 9.17) is 11.6 Å². The number of urea groups is 1. The fraction of sp³-hybridized carbons (Fsp3) is 0.500. The van der Waals surface area contributed by atoms with E-state index in [1.165, 1.54) is 12.1 Å². The van der Waals surface area contributed by atoms with Crippen molar-refractivity contribution >= 4 is 33.3 Å². The molecule has 0 saturated carbocycles. The van der Waals surface area contributed by atoms with Gasteiger partial charge in [-0.3, -0.25) is 0 Å². The van der Waals surface area contributed by atoms with Gasteiger partial charge in [0.15, 0.2) is 5.75 Å². The number of carbonyl (C=O) groups is 1. The van der Waals surface area contributed by atoms with Crippen molar-refractivity contribution in [3.8, 4) is 5.75 Å². The highest BCUT2D eigenvalue weighted by Crippen LogP contribution is 2.40. The Labute approximate surface area is 172 Å². The first kappa shape index (κ1) is 21.8. The average Bonchev–Trinajstić information content (AvgIpc) is 3.01. The number of hydrogen-bond acceptors (Lipinski definition) is 4. The lowest BCUT2D eigenvalue weighted by molar-refractivity contribution is -0.0412. The summed E-state index contributed by atoms with van der Waals surface area (Å²) >= 11 is 6.00. The van der Waals surface area contributed by atoms with Crippen molar-refractivity contribution in [1.82, 2.24) is 9.62 Å². The van der Waals surface area contributed by atoms with E-state index in [1.807, 2.05) is 13.0 Å². The van der Waals surface area contributed by atoms with Crippen LogP contribution in [0.1, 0.15) is 32.6 Å². The first-order chi connectivity index (χ1) is 13.5. The highest BCUT2D eigenvalue weighted by Gasteiger charge is 2.40. The fourth-order valence-electron chi connectivity index (χ4n) is 3.43. The van der Waals surface area contributed by atoms with E-state index < -0.39 is 58.6 Å². The summed E-state index contributed by atoms with van der Waals surface area (Å²) in [6.45, 7) is 1.11. The number of nitrogens with zero attached hydrogens (tertiary/aromatic N) is 1. The second-order valence-electron chi connectivity index (χ2n) is 7.21. The minimum Gasteiger partial charge on any atom is -0.504 e. The van der Waals surface area contributed by atoms with Gasteiger partial charge in [0.05, 0.1) is 16.8 Å². The van der Waals surface area contributed by atoms with Gasteiger partial charge in [-0.2, -0.15) is 4.31 Å². The molecule has 1 aromatic rings. The largest absolute Gasteiger partial charge is 0.504 e. The number of allylic oxidation sites excluding steroid dienone is 1. The zero-order chi connectivity index (χ0) is 21.4. The van der Waals surface area contributed by atoms with Crippen LogP contribution in [0.15, 0.2) is 28.7 Å². The lowest BCUT2D eigenvalue weighted by atomic mass is 10.1. The van der Waals surface area contributed by atoms with E-state index >= 15 is 0 Å². The van der Waals surface area contributed by atoms with Crippen molar-refractivity contribution in [2.75, 3.05) is 18.4 Å².